The molecule has 0 aliphatic heterocycles. The third-order valence-corrected chi connectivity index (χ3v) is 6.01. The molecule has 0 heterocycles. The van der Waals surface area contributed by atoms with Gasteiger partial charge in [0, 0.05) is 6.08 Å². The Morgan fingerprint density at radius 3 is 2.76 bits per heavy atom. The number of hydrogen-bond donors (Lipinski definition) is 1. The average Bonchev–Trinajstić information content (AvgIpc) is 2.46. The Kier molecular flexibility index (Phi) is 4.68. The fourth-order valence-corrected chi connectivity index (χ4v) is 5.13. The minimum atomic E-state index is -0.166. The van der Waals surface area contributed by atoms with E-state index in [1.807, 2.05) is 6.92 Å². The molecule has 21 heavy (non-hydrogen) atoms. The smallest absolute Gasteiger partial charge is 0.330 e. The van der Waals surface area contributed by atoms with Crippen LogP contribution in [0.3, 0.4) is 0 Å². The van der Waals surface area contributed by atoms with E-state index in [-0.39, 0.29) is 12.1 Å². The van der Waals surface area contributed by atoms with Crippen LogP contribution in [0.25, 0.3) is 0 Å². The molecule has 0 aromatic heterocycles. The summed E-state index contributed by atoms with van der Waals surface area (Å²) < 4.78 is 5.04. The number of aliphatic hydroxyl groups is 1. The van der Waals surface area contributed by atoms with Gasteiger partial charge in [0.2, 0.25) is 0 Å². The number of carbonyl (C=O) groups is 1. The van der Waals surface area contributed by atoms with Crippen LogP contribution < -0.4 is 0 Å². The summed E-state index contributed by atoms with van der Waals surface area (Å²) in [5, 5.41) is 9.88. The molecule has 0 saturated heterocycles. The Balaban J connectivity index is 1.63. The van der Waals surface area contributed by atoms with Crippen molar-refractivity contribution in [1.29, 1.82) is 0 Å². The summed E-state index contributed by atoms with van der Waals surface area (Å²) in [6.45, 7) is 2.31. The van der Waals surface area contributed by atoms with E-state index in [2.05, 4.69) is 0 Å². The van der Waals surface area contributed by atoms with E-state index in [1.165, 1.54) is 31.3 Å². The fraction of sp³-hybridized carbons (Fsp3) is 0.833. The molecule has 3 rings (SSSR count). The van der Waals surface area contributed by atoms with Crippen LogP contribution in [-0.2, 0) is 9.53 Å². The Morgan fingerprint density at radius 1 is 1.19 bits per heavy atom. The Bertz CT molecular complexity index is 415. The highest BCUT2D eigenvalue weighted by molar-refractivity contribution is 5.82. The number of rotatable bonds is 2. The second kappa shape index (κ2) is 6.51. The first-order chi connectivity index (χ1) is 10.2. The van der Waals surface area contributed by atoms with Crippen LogP contribution in [0.4, 0.5) is 0 Å². The molecule has 3 aliphatic carbocycles. The summed E-state index contributed by atoms with van der Waals surface area (Å²) in [4.78, 5) is 11.6. The number of aliphatic hydroxyl groups excluding tert-OH is 1. The highest BCUT2D eigenvalue weighted by Crippen LogP contribution is 2.52. The molecule has 3 nitrogen and oxygen atoms in total. The van der Waals surface area contributed by atoms with Gasteiger partial charge in [0.15, 0.2) is 0 Å². The number of carbonyl (C=O) groups excluding carboxylic acids is 1. The van der Waals surface area contributed by atoms with E-state index in [4.69, 9.17) is 4.74 Å². The fourth-order valence-electron chi connectivity index (χ4n) is 5.13. The van der Waals surface area contributed by atoms with Crippen LogP contribution in [0, 0.1) is 23.7 Å². The van der Waals surface area contributed by atoms with Crippen molar-refractivity contribution in [3.63, 3.8) is 0 Å². The van der Waals surface area contributed by atoms with Crippen molar-refractivity contribution in [3.05, 3.63) is 11.6 Å². The van der Waals surface area contributed by atoms with Crippen molar-refractivity contribution >= 4 is 5.97 Å². The van der Waals surface area contributed by atoms with Crippen molar-refractivity contribution in [1.82, 2.24) is 0 Å². The van der Waals surface area contributed by atoms with Crippen molar-refractivity contribution in [2.75, 3.05) is 6.61 Å². The van der Waals surface area contributed by atoms with E-state index in [0.29, 0.717) is 6.61 Å². The molecule has 0 spiro atoms. The van der Waals surface area contributed by atoms with Crippen molar-refractivity contribution < 1.29 is 14.6 Å². The second-order valence-electron chi connectivity index (χ2n) is 7.19. The minimum absolute atomic E-state index is 0.0503. The zero-order valence-corrected chi connectivity index (χ0v) is 13.1. The third kappa shape index (κ3) is 3.33. The molecule has 0 radical (unpaired) electrons. The van der Waals surface area contributed by atoms with Gasteiger partial charge in [-0.15, -0.1) is 0 Å². The normalized spacial score (nSPS) is 41.2. The second-order valence-corrected chi connectivity index (χ2v) is 7.19. The maximum Gasteiger partial charge on any atom is 0.330 e. The van der Waals surface area contributed by atoms with Crippen LogP contribution in [-0.4, -0.2) is 23.8 Å². The number of ether oxygens (including phenoxy) is 1. The summed E-state index contributed by atoms with van der Waals surface area (Å²) in [5.74, 6) is 3.01. The summed E-state index contributed by atoms with van der Waals surface area (Å²) in [7, 11) is 0. The topological polar surface area (TPSA) is 46.5 Å². The Morgan fingerprint density at radius 2 is 1.95 bits per heavy atom. The van der Waals surface area contributed by atoms with E-state index in [1.54, 1.807) is 6.08 Å². The van der Waals surface area contributed by atoms with Crippen LogP contribution in [0.15, 0.2) is 11.6 Å². The maximum atomic E-state index is 11.6. The molecule has 0 aromatic rings. The lowest BCUT2D eigenvalue weighted by atomic mass is 9.57. The standard InChI is InChI=1S/C18H28O3/c1-2-21-18(20)10-12-3-7-16-13(9-12)4-5-14-11-15(19)6-8-17(14)16/h10,13-17,19H,2-9,11H2,1H3/b12-10-/t13-,14-,15+,16-,17+/m1/s1. The monoisotopic (exact) mass is 292 g/mol. The molecule has 3 aliphatic rings. The van der Waals surface area contributed by atoms with Gasteiger partial charge in [0.25, 0.3) is 0 Å². The first kappa shape index (κ1) is 15.1. The van der Waals surface area contributed by atoms with Gasteiger partial charge in [-0.2, -0.15) is 0 Å². The molecule has 1 N–H and O–H groups in total. The SMILES string of the molecule is CCOC(=O)/C=C1/CC[C@@H]2[C@H](CC[C@@H]3C[C@@H](O)CC[C@@H]32)C1. The highest BCUT2D eigenvalue weighted by Gasteiger charge is 2.43. The number of fused-ring (bicyclic) bond motifs is 3. The molecule has 0 unspecified atom stereocenters. The maximum absolute atomic E-state index is 11.6. The van der Waals surface area contributed by atoms with Gasteiger partial charge in [-0.05, 0) is 82.0 Å². The third-order valence-electron chi connectivity index (χ3n) is 6.01. The van der Waals surface area contributed by atoms with Crippen molar-refractivity contribution in [2.45, 2.75) is 64.4 Å². The molecule has 0 bridgehead atoms. The quantitative estimate of drug-likeness (QED) is 0.626. The Labute approximate surface area is 127 Å². The summed E-state index contributed by atoms with van der Waals surface area (Å²) in [6.07, 6.45) is 10.9. The van der Waals surface area contributed by atoms with Gasteiger partial charge in [0.1, 0.15) is 0 Å². The van der Waals surface area contributed by atoms with E-state index in [0.717, 1.165) is 49.4 Å². The Hall–Kier alpha value is -0.830. The van der Waals surface area contributed by atoms with E-state index >= 15 is 0 Å². The predicted octanol–water partition coefficient (Wildman–Crippen LogP) is 3.46. The molecule has 5 atom stereocenters. The molecule has 118 valence electrons. The predicted molar refractivity (Wildman–Crippen MR) is 81.6 cm³/mol. The van der Waals surface area contributed by atoms with Gasteiger partial charge in [0.05, 0.1) is 12.7 Å². The van der Waals surface area contributed by atoms with Crippen LogP contribution >= 0.6 is 0 Å². The first-order valence-electron chi connectivity index (χ1n) is 8.71. The molecular weight excluding hydrogens is 264 g/mol. The van der Waals surface area contributed by atoms with Gasteiger partial charge >= 0.3 is 5.97 Å². The number of hydrogen-bond acceptors (Lipinski definition) is 3. The largest absolute Gasteiger partial charge is 0.463 e. The van der Waals surface area contributed by atoms with Gasteiger partial charge < -0.3 is 9.84 Å². The zero-order chi connectivity index (χ0) is 14.8. The average molecular weight is 292 g/mol. The zero-order valence-electron chi connectivity index (χ0n) is 13.1. The molecule has 3 saturated carbocycles. The van der Waals surface area contributed by atoms with E-state index in [9.17, 15) is 9.90 Å². The van der Waals surface area contributed by atoms with Gasteiger partial charge in [-0.1, -0.05) is 5.57 Å². The lowest BCUT2D eigenvalue weighted by Crippen LogP contribution is -2.41. The summed E-state index contributed by atoms with van der Waals surface area (Å²) >= 11 is 0. The minimum Gasteiger partial charge on any atom is -0.463 e. The molecular formula is C18H28O3. The number of esters is 1. The summed E-state index contributed by atoms with van der Waals surface area (Å²) in [6, 6.07) is 0. The van der Waals surface area contributed by atoms with Crippen molar-refractivity contribution in [3.8, 4) is 0 Å². The molecule has 3 fully saturated rings. The van der Waals surface area contributed by atoms with Crippen LogP contribution in [0.5, 0.6) is 0 Å². The van der Waals surface area contributed by atoms with Gasteiger partial charge in [-0.3, -0.25) is 0 Å². The van der Waals surface area contributed by atoms with Crippen LogP contribution in [0.2, 0.25) is 0 Å². The molecule has 3 heteroatoms. The lowest BCUT2D eigenvalue weighted by molar-refractivity contribution is -0.137. The van der Waals surface area contributed by atoms with Crippen LogP contribution in [0.1, 0.15) is 58.3 Å². The lowest BCUT2D eigenvalue weighted by Gasteiger charge is -2.49. The highest BCUT2D eigenvalue weighted by atomic mass is 16.5. The van der Waals surface area contributed by atoms with Gasteiger partial charge in [-0.25, -0.2) is 4.79 Å². The first-order valence-corrected chi connectivity index (χ1v) is 8.71. The molecule has 0 aromatic carbocycles. The van der Waals surface area contributed by atoms with Crippen molar-refractivity contribution in [2.24, 2.45) is 23.7 Å². The summed E-state index contributed by atoms with van der Waals surface area (Å²) in [5.41, 5.74) is 1.30. The molecule has 0 amide bonds. The number of allylic oxidation sites excluding steroid dienone is 1. The van der Waals surface area contributed by atoms with E-state index < -0.39 is 0 Å².